The fraction of sp³-hybridized carbons (Fsp3) is 0.214. The maximum atomic E-state index is 13.2. The van der Waals surface area contributed by atoms with Crippen molar-refractivity contribution in [2.75, 3.05) is 38.7 Å². The van der Waals surface area contributed by atoms with Crippen LogP contribution in [0.1, 0.15) is 20.7 Å². The minimum Gasteiger partial charge on any atom is -0.378 e. The highest BCUT2D eigenvalue weighted by Crippen LogP contribution is 2.41. The maximum absolute atomic E-state index is 13.2. The number of hydrogen-bond donors (Lipinski definition) is 2. The van der Waals surface area contributed by atoms with Crippen LogP contribution in [0.25, 0.3) is 43.1 Å². The standard InChI is InChI=1S/C28H25NO7S/c30-17-19-7-8-22-20-5-1-3-18-4-2-6-21(25(18)20)23-9-10-24(26(19)27(22)23)28(31)29-11-12-35-13-14-36-15-16-37(32,33)34/h1-10,17H,11-16H2,(H,29,31)(H,32,33,34). The Labute approximate surface area is 213 Å². The van der Waals surface area contributed by atoms with Crippen molar-refractivity contribution >= 4 is 65.4 Å². The second-order valence-corrected chi connectivity index (χ2v) is 10.3. The number of fused-ring (bicyclic) bond motifs is 2. The van der Waals surface area contributed by atoms with Gasteiger partial charge >= 0.3 is 0 Å². The van der Waals surface area contributed by atoms with Gasteiger partial charge in [0.15, 0.2) is 6.29 Å². The number of aldehydes is 1. The highest BCUT2D eigenvalue weighted by molar-refractivity contribution is 7.85. The van der Waals surface area contributed by atoms with Gasteiger partial charge in [-0.25, -0.2) is 0 Å². The molecule has 0 spiro atoms. The van der Waals surface area contributed by atoms with E-state index >= 15 is 0 Å². The lowest BCUT2D eigenvalue weighted by Gasteiger charge is -2.17. The third kappa shape index (κ3) is 4.99. The van der Waals surface area contributed by atoms with Crippen LogP contribution in [-0.2, 0) is 19.6 Å². The molecule has 0 aliphatic rings. The van der Waals surface area contributed by atoms with E-state index in [1.807, 2.05) is 24.3 Å². The maximum Gasteiger partial charge on any atom is 0.267 e. The van der Waals surface area contributed by atoms with E-state index < -0.39 is 15.9 Å². The largest absolute Gasteiger partial charge is 0.378 e. The first-order chi connectivity index (χ1) is 17.9. The van der Waals surface area contributed by atoms with Gasteiger partial charge in [0, 0.05) is 23.1 Å². The molecular formula is C28H25NO7S. The van der Waals surface area contributed by atoms with Crippen molar-refractivity contribution in [3.8, 4) is 0 Å². The highest BCUT2D eigenvalue weighted by Gasteiger charge is 2.19. The quantitative estimate of drug-likeness (QED) is 0.0883. The summed E-state index contributed by atoms with van der Waals surface area (Å²) in [6, 6.07) is 19.8. The Morgan fingerprint density at radius 2 is 1.41 bits per heavy atom. The van der Waals surface area contributed by atoms with Gasteiger partial charge in [-0.2, -0.15) is 8.42 Å². The van der Waals surface area contributed by atoms with E-state index in [0.29, 0.717) is 16.5 Å². The van der Waals surface area contributed by atoms with Gasteiger partial charge in [0.1, 0.15) is 0 Å². The Hall–Kier alpha value is -3.63. The lowest BCUT2D eigenvalue weighted by Crippen LogP contribution is -2.28. The topological polar surface area (TPSA) is 119 Å². The predicted octanol–water partition coefficient (Wildman–Crippen LogP) is 4.20. The van der Waals surface area contributed by atoms with E-state index in [1.165, 1.54) is 0 Å². The summed E-state index contributed by atoms with van der Waals surface area (Å²) >= 11 is 0. The first-order valence-electron chi connectivity index (χ1n) is 11.9. The van der Waals surface area contributed by atoms with E-state index in [1.54, 1.807) is 12.1 Å². The zero-order chi connectivity index (χ0) is 26.0. The van der Waals surface area contributed by atoms with Crippen molar-refractivity contribution in [3.05, 3.63) is 71.8 Å². The summed E-state index contributed by atoms with van der Waals surface area (Å²) in [4.78, 5) is 25.2. The van der Waals surface area contributed by atoms with Gasteiger partial charge in [0.2, 0.25) is 0 Å². The summed E-state index contributed by atoms with van der Waals surface area (Å²) in [6.07, 6.45) is 0.784. The molecule has 0 aliphatic carbocycles. The number of rotatable bonds is 11. The molecule has 8 nitrogen and oxygen atoms in total. The van der Waals surface area contributed by atoms with Crippen LogP contribution in [0.15, 0.2) is 60.7 Å². The number of amides is 1. The minimum atomic E-state index is -4.05. The Bertz CT molecular complexity index is 1680. The van der Waals surface area contributed by atoms with E-state index in [2.05, 4.69) is 29.6 Å². The summed E-state index contributed by atoms with van der Waals surface area (Å²) in [7, 11) is -4.05. The smallest absolute Gasteiger partial charge is 0.267 e. The molecule has 0 aromatic heterocycles. The van der Waals surface area contributed by atoms with Crippen LogP contribution < -0.4 is 5.32 Å². The minimum absolute atomic E-state index is 0.123. The Kier molecular flexibility index (Phi) is 7.03. The predicted molar refractivity (Wildman–Crippen MR) is 143 cm³/mol. The molecule has 190 valence electrons. The summed E-state index contributed by atoms with van der Waals surface area (Å²) in [6.45, 7) is 0.718. The molecule has 9 heteroatoms. The molecule has 1 amide bonds. The van der Waals surface area contributed by atoms with Crippen molar-refractivity contribution in [2.45, 2.75) is 0 Å². The van der Waals surface area contributed by atoms with Crippen molar-refractivity contribution < 1.29 is 32.0 Å². The van der Waals surface area contributed by atoms with Crippen LogP contribution in [-0.4, -0.2) is 63.9 Å². The molecule has 5 aromatic rings. The second kappa shape index (κ2) is 10.4. The van der Waals surface area contributed by atoms with Gasteiger partial charge in [-0.15, -0.1) is 0 Å². The van der Waals surface area contributed by atoms with Gasteiger partial charge < -0.3 is 14.8 Å². The molecule has 0 aliphatic heterocycles. The average molecular weight is 520 g/mol. The molecule has 0 bridgehead atoms. The number of benzene rings is 5. The Balaban J connectivity index is 1.37. The van der Waals surface area contributed by atoms with Crippen LogP contribution in [0, 0.1) is 0 Å². The summed E-state index contributed by atoms with van der Waals surface area (Å²) < 4.78 is 40.4. The molecule has 37 heavy (non-hydrogen) atoms. The van der Waals surface area contributed by atoms with E-state index in [0.717, 1.165) is 44.0 Å². The van der Waals surface area contributed by atoms with Crippen LogP contribution in [0.2, 0.25) is 0 Å². The molecule has 0 radical (unpaired) electrons. The second-order valence-electron chi connectivity index (χ2n) is 8.71. The summed E-state index contributed by atoms with van der Waals surface area (Å²) in [5.41, 5.74) is 0.874. The van der Waals surface area contributed by atoms with Gasteiger partial charge in [-0.3, -0.25) is 14.1 Å². The molecule has 0 saturated heterocycles. The zero-order valence-corrected chi connectivity index (χ0v) is 20.7. The number of carbonyl (C=O) groups is 2. The number of hydrogen-bond acceptors (Lipinski definition) is 6. The molecule has 2 N–H and O–H groups in total. The molecule has 0 saturated carbocycles. The van der Waals surface area contributed by atoms with Gasteiger partial charge in [0.05, 0.1) is 32.2 Å². The number of ether oxygens (including phenoxy) is 2. The molecule has 0 fully saturated rings. The van der Waals surface area contributed by atoms with E-state index in [-0.39, 0.29) is 38.9 Å². The Morgan fingerprint density at radius 1 is 0.784 bits per heavy atom. The first-order valence-corrected chi connectivity index (χ1v) is 13.5. The molecule has 0 unspecified atom stereocenters. The summed E-state index contributed by atoms with van der Waals surface area (Å²) in [5.74, 6) is -0.780. The van der Waals surface area contributed by atoms with Gasteiger partial charge in [-0.1, -0.05) is 54.6 Å². The van der Waals surface area contributed by atoms with Gasteiger partial charge in [-0.05, 0) is 43.8 Å². The summed E-state index contributed by atoms with van der Waals surface area (Å²) in [5, 5.41) is 10.8. The molecule has 0 heterocycles. The lowest BCUT2D eigenvalue weighted by molar-refractivity contribution is 0.0535. The van der Waals surface area contributed by atoms with Crippen molar-refractivity contribution in [1.29, 1.82) is 0 Å². The zero-order valence-electron chi connectivity index (χ0n) is 19.9. The van der Waals surface area contributed by atoms with Crippen LogP contribution in [0.5, 0.6) is 0 Å². The third-order valence-electron chi connectivity index (χ3n) is 6.44. The van der Waals surface area contributed by atoms with Crippen molar-refractivity contribution in [1.82, 2.24) is 5.32 Å². The SMILES string of the molecule is O=Cc1ccc2c3cccc4cccc(c5ccc(C(=O)NCCOCCOCCS(=O)(=O)O)c1c25)c43. The third-order valence-corrected chi connectivity index (χ3v) is 7.12. The van der Waals surface area contributed by atoms with Crippen LogP contribution >= 0.6 is 0 Å². The number of carbonyl (C=O) groups excluding carboxylic acids is 2. The molecular weight excluding hydrogens is 494 g/mol. The fourth-order valence-electron chi connectivity index (χ4n) is 4.87. The van der Waals surface area contributed by atoms with E-state index in [9.17, 15) is 18.0 Å². The van der Waals surface area contributed by atoms with Gasteiger partial charge in [0.25, 0.3) is 16.0 Å². The fourth-order valence-corrected chi connectivity index (χ4v) is 5.19. The molecule has 0 atom stereocenters. The van der Waals surface area contributed by atoms with Crippen LogP contribution in [0.3, 0.4) is 0 Å². The lowest BCUT2D eigenvalue weighted by atomic mass is 9.86. The highest BCUT2D eigenvalue weighted by atomic mass is 32.2. The van der Waals surface area contributed by atoms with Crippen molar-refractivity contribution in [3.63, 3.8) is 0 Å². The first kappa shape index (κ1) is 25.0. The van der Waals surface area contributed by atoms with Crippen LogP contribution in [0.4, 0.5) is 0 Å². The Morgan fingerprint density at radius 3 is 2.05 bits per heavy atom. The molecule has 5 rings (SSSR count). The van der Waals surface area contributed by atoms with E-state index in [4.69, 9.17) is 14.0 Å². The monoisotopic (exact) mass is 519 g/mol. The van der Waals surface area contributed by atoms with Crippen molar-refractivity contribution in [2.24, 2.45) is 0 Å². The molecule has 5 aromatic carbocycles. The average Bonchev–Trinajstić information content (AvgIpc) is 2.89. The normalized spacial score (nSPS) is 12.1. The number of nitrogens with one attached hydrogen (secondary N) is 1.